The lowest BCUT2D eigenvalue weighted by Crippen LogP contribution is -2.14. The number of nitrogens with zero attached hydrogens (tertiary/aromatic N) is 3. The van der Waals surface area contributed by atoms with Crippen LogP contribution in [0.5, 0.6) is 0 Å². The summed E-state index contributed by atoms with van der Waals surface area (Å²) in [7, 11) is 0. The molecule has 3 rings (SSSR count). The number of carbonyl (C=O) groups excluding carboxylic acids is 1. The number of aryl methyl sites for hydroxylation is 3. The van der Waals surface area contributed by atoms with Crippen LogP contribution in [0.25, 0.3) is 5.69 Å². The van der Waals surface area contributed by atoms with Crippen molar-refractivity contribution in [2.75, 3.05) is 11.1 Å². The first-order valence-corrected chi connectivity index (χ1v) is 9.56. The Morgan fingerprint density at radius 1 is 1.12 bits per heavy atom. The highest BCUT2D eigenvalue weighted by Gasteiger charge is 2.13. The summed E-state index contributed by atoms with van der Waals surface area (Å²) >= 11 is 1.38. The van der Waals surface area contributed by atoms with Crippen molar-refractivity contribution >= 4 is 23.4 Å². The van der Waals surface area contributed by atoms with Crippen molar-refractivity contribution in [3.05, 3.63) is 65.5 Å². The molecule has 2 aromatic carbocycles. The second-order valence-corrected chi connectivity index (χ2v) is 7.03. The van der Waals surface area contributed by atoms with Crippen LogP contribution in [-0.2, 0) is 11.2 Å². The van der Waals surface area contributed by atoms with Crippen LogP contribution < -0.4 is 5.32 Å². The van der Waals surface area contributed by atoms with Gasteiger partial charge < -0.3 is 5.32 Å². The highest BCUT2D eigenvalue weighted by atomic mass is 32.2. The molecule has 0 radical (unpaired) electrons. The first kappa shape index (κ1) is 18.2. The molecular formula is C20H22N4OS. The predicted molar refractivity (Wildman–Crippen MR) is 106 cm³/mol. The summed E-state index contributed by atoms with van der Waals surface area (Å²) in [4.78, 5) is 12.2. The molecule has 0 spiro atoms. The second kappa shape index (κ2) is 8.19. The highest BCUT2D eigenvalue weighted by molar-refractivity contribution is 7.99. The van der Waals surface area contributed by atoms with Gasteiger partial charge in [0, 0.05) is 11.4 Å². The number of nitrogens with one attached hydrogen (secondary N) is 1. The lowest BCUT2D eigenvalue weighted by Gasteiger charge is -2.09. The maximum Gasteiger partial charge on any atom is 0.234 e. The van der Waals surface area contributed by atoms with Gasteiger partial charge in [-0.2, -0.15) is 0 Å². The molecule has 0 bridgehead atoms. The van der Waals surface area contributed by atoms with Gasteiger partial charge in [0.15, 0.2) is 5.16 Å². The van der Waals surface area contributed by atoms with Crippen LogP contribution in [0, 0.1) is 13.8 Å². The van der Waals surface area contributed by atoms with Crippen molar-refractivity contribution in [1.29, 1.82) is 0 Å². The standard InChI is InChI=1S/C20H22N4OS/c1-4-16-8-10-18(11-9-16)24-15(3)22-23-20(24)26-13-19(25)21-17-7-5-6-14(2)12-17/h5-12H,4,13H2,1-3H3,(H,21,25). The molecule has 0 aliphatic carbocycles. The van der Waals surface area contributed by atoms with Crippen molar-refractivity contribution in [2.24, 2.45) is 0 Å². The van der Waals surface area contributed by atoms with Gasteiger partial charge in [0.1, 0.15) is 5.82 Å². The zero-order chi connectivity index (χ0) is 18.5. The number of carbonyl (C=O) groups is 1. The molecule has 1 N–H and O–H groups in total. The molecule has 0 atom stereocenters. The van der Waals surface area contributed by atoms with Crippen LogP contribution in [0.1, 0.15) is 23.9 Å². The van der Waals surface area contributed by atoms with Crippen LogP contribution in [0.4, 0.5) is 5.69 Å². The van der Waals surface area contributed by atoms with Gasteiger partial charge in [-0.1, -0.05) is 43.0 Å². The lowest BCUT2D eigenvalue weighted by atomic mass is 10.1. The molecule has 0 aliphatic rings. The molecule has 1 amide bonds. The van der Waals surface area contributed by atoms with Crippen LogP contribution >= 0.6 is 11.8 Å². The minimum Gasteiger partial charge on any atom is -0.325 e. The van der Waals surface area contributed by atoms with E-state index in [0.29, 0.717) is 5.16 Å². The zero-order valence-electron chi connectivity index (χ0n) is 15.2. The average Bonchev–Trinajstić information content (AvgIpc) is 3.00. The molecule has 6 heteroatoms. The summed E-state index contributed by atoms with van der Waals surface area (Å²) in [5.74, 6) is 1.02. The summed E-state index contributed by atoms with van der Waals surface area (Å²) in [5, 5.41) is 12.0. The average molecular weight is 366 g/mol. The molecule has 1 heterocycles. The molecule has 26 heavy (non-hydrogen) atoms. The van der Waals surface area contributed by atoms with Crippen molar-refractivity contribution in [3.8, 4) is 5.69 Å². The Morgan fingerprint density at radius 3 is 2.58 bits per heavy atom. The van der Waals surface area contributed by atoms with E-state index >= 15 is 0 Å². The summed E-state index contributed by atoms with van der Waals surface area (Å²) in [6, 6.07) is 16.1. The minimum absolute atomic E-state index is 0.0610. The smallest absolute Gasteiger partial charge is 0.234 e. The van der Waals surface area contributed by atoms with Gasteiger partial charge in [0.2, 0.25) is 5.91 Å². The Bertz CT molecular complexity index is 902. The normalized spacial score (nSPS) is 10.7. The summed E-state index contributed by atoms with van der Waals surface area (Å²) < 4.78 is 1.98. The predicted octanol–water partition coefficient (Wildman–Crippen LogP) is 4.18. The fraction of sp³-hybridized carbons (Fsp3) is 0.250. The summed E-state index contributed by atoms with van der Waals surface area (Å²) in [6.07, 6.45) is 1.00. The zero-order valence-corrected chi connectivity index (χ0v) is 16.0. The minimum atomic E-state index is -0.0610. The Labute approximate surface area is 157 Å². The van der Waals surface area contributed by atoms with E-state index in [2.05, 4.69) is 46.7 Å². The molecule has 5 nitrogen and oxygen atoms in total. The van der Waals surface area contributed by atoms with Crippen molar-refractivity contribution in [3.63, 3.8) is 0 Å². The molecule has 0 fully saturated rings. The highest BCUT2D eigenvalue weighted by Crippen LogP contribution is 2.22. The quantitative estimate of drug-likeness (QED) is 0.665. The third-order valence-corrected chi connectivity index (χ3v) is 4.96. The van der Waals surface area contributed by atoms with Gasteiger partial charge in [-0.3, -0.25) is 9.36 Å². The van der Waals surface area contributed by atoms with E-state index in [1.807, 2.05) is 42.7 Å². The second-order valence-electron chi connectivity index (χ2n) is 6.09. The van der Waals surface area contributed by atoms with Gasteiger partial charge in [-0.15, -0.1) is 10.2 Å². The van der Waals surface area contributed by atoms with Crippen LogP contribution in [0.15, 0.2) is 53.7 Å². The Hall–Kier alpha value is -2.60. The van der Waals surface area contributed by atoms with Gasteiger partial charge in [0.05, 0.1) is 5.75 Å². The molecule has 0 unspecified atom stereocenters. The number of amides is 1. The number of hydrogen-bond donors (Lipinski definition) is 1. The third kappa shape index (κ3) is 4.32. The van der Waals surface area contributed by atoms with Gasteiger partial charge in [0.25, 0.3) is 0 Å². The maximum absolute atomic E-state index is 12.2. The van der Waals surface area contributed by atoms with Crippen molar-refractivity contribution in [1.82, 2.24) is 14.8 Å². The monoisotopic (exact) mass is 366 g/mol. The van der Waals surface area contributed by atoms with Crippen molar-refractivity contribution < 1.29 is 4.79 Å². The largest absolute Gasteiger partial charge is 0.325 e. The Morgan fingerprint density at radius 2 is 1.88 bits per heavy atom. The SMILES string of the molecule is CCc1ccc(-n2c(C)nnc2SCC(=O)Nc2cccc(C)c2)cc1. The molecule has 134 valence electrons. The fourth-order valence-electron chi connectivity index (χ4n) is 2.66. The van der Waals surface area contributed by atoms with E-state index in [1.54, 1.807) is 0 Å². The third-order valence-electron chi connectivity index (χ3n) is 4.03. The van der Waals surface area contributed by atoms with E-state index in [4.69, 9.17) is 0 Å². The van der Waals surface area contributed by atoms with Crippen LogP contribution in [0.2, 0.25) is 0 Å². The molecule has 0 saturated carbocycles. The van der Waals surface area contributed by atoms with Gasteiger partial charge in [-0.25, -0.2) is 0 Å². The maximum atomic E-state index is 12.2. The summed E-state index contributed by atoms with van der Waals surface area (Å²) in [6.45, 7) is 6.05. The topological polar surface area (TPSA) is 59.8 Å². The lowest BCUT2D eigenvalue weighted by molar-refractivity contribution is -0.113. The molecule has 0 saturated heterocycles. The van der Waals surface area contributed by atoms with E-state index in [-0.39, 0.29) is 11.7 Å². The molecule has 3 aromatic rings. The van der Waals surface area contributed by atoms with Crippen molar-refractivity contribution in [2.45, 2.75) is 32.3 Å². The summed E-state index contributed by atoms with van der Waals surface area (Å²) in [5.41, 5.74) is 4.21. The number of anilines is 1. The van der Waals surface area contributed by atoms with E-state index in [1.165, 1.54) is 17.3 Å². The number of benzene rings is 2. The van der Waals surface area contributed by atoms with Crippen LogP contribution in [0.3, 0.4) is 0 Å². The molecule has 1 aromatic heterocycles. The number of hydrogen-bond acceptors (Lipinski definition) is 4. The first-order chi connectivity index (χ1) is 12.6. The first-order valence-electron chi connectivity index (χ1n) is 8.57. The number of rotatable bonds is 6. The molecule has 0 aliphatic heterocycles. The van der Waals surface area contributed by atoms with E-state index < -0.39 is 0 Å². The van der Waals surface area contributed by atoms with Gasteiger partial charge >= 0.3 is 0 Å². The number of thioether (sulfide) groups is 1. The van der Waals surface area contributed by atoms with E-state index in [0.717, 1.165) is 29.2 Å². The Kier molecular flexibility index (Phi) is 5.73. The Balaban J connectivity index is 1.69. The number of aromatic nitrogens is 3. The van der Waals surface area contributed by atoms with Crippen LogP contribution in [-0.4, -0.2) is 26.4 Å². The van der Waals surface area contributed by atoms with E-state index in [9.17, 15) is 4.79 Å². The van der Waals surface area contributed by atoms with Gasteiger partial charge in [-0.05, 0) is 55.7 Å². The molecular weight excluding hydrogens is 344 g/mol. The fourth-order valence-corrected chi connectivity index (χ4v) is 3.46.